The lowest BCUT2D eigenvalue weighted by Crippen LogP contribution is -2.26. The van der Waals surface area contributed by atoms with Gasteiger partial charge in [-0.05, 0) is 42.0 Å². The van der Waals surface area contributed by atoms with Gasteiger partial charge in [-0.15, -0.1) is 0 Å². The number of aromatic hydroxyl groups is 1. The number of hydrogen-bond donors (Lipinski definition) is 1. The van der Waals surface area contributed by atoms with Crippen molar-refractivity contribution < 1.29 is 9.84 Å². The monoisotopic (exact) mass is 369 g/mol. The molecule has 0 radical (unpaired) electrons. The molecule has 5 rings (SSSR count). The van der Waals surface area contributed by atoms with Gasteiger partial charge in [-0.3, -0.25) is 4.98 Å². The maximum atomic E-state index is 10.5. The fourth-order valence-electron chi connectivity index (χ4n) is 3.63. The summed E-state index contributed by atoms with van der Waals surface area (Å²) in [5.41, 5.74) is 3.78. The summed E-state index contributed by atoms with van der Waals surface area (Å²) < 4.78 is 5.87. The van der Waals surface area contributed by atoms with E-state index in [1.165, 1.54) is 0 Å². The zero-order valence-corrected chi connectivity index (χ0v) is 15.2. The highest BCUT2D eigenvalue weighted by atomic mass is 16.5. The summed E-state index contributed by atoms with van der Waals surface area (Å²) in [5, 5.41) is 11.7. The van der Waals surface area contributed by atoms with Crippen LogP contribution in [0.5, 0.6) is 11.5 Å². The molecule has 0 saturated carbocycles. The molecule has 1 aliphatic heterocycles. The van der Waals surface area contributed by atoms with E-state index in [4.69, 9.17) is 9.72 Å². The molecule has 0 fully saturated rings. The zero-order valence-electron chi connectivity index (χ0n) is 15.2. The van der Waals surface area contributed by atoms with Gasteiger partial charge in [-0.25, -0.2) is 4.98 Å². The Morgan fingerprint density at radius 3 is 2.79 bits per heavy atom. The van der Waals surface area contributed by atoms with Gasteiger partial charge in [-0.1, -0.05) is 24.3 Å². The van der Waals surface area contributed by atoms with Crippen LogP contribution in [0.2, 0.25) is 0 Å². The maximum Gasteiger partial charge on any atom is 0.166 e. The number of benzene rings is 2. The van der Waals surface area contributed by atoms with Crippen LogP contribution in [-0.4, -0.2) is 28.2 Å². The van der Waals surface area contributed by atoms with Gasteiger partial charge >= 0.3 is 0 Å². The molecule has 5 heteroatoms. The molecule has 0 atom stereocenters. The molecule has 0 aliphatic carbocycles. The van der Waals surface area contributed by atoms with Crippen molar-refractivity contribution in [3.63, 3.8) is 0 Å². The predicted octanol–water partition coefficient (Wildman–Crippen LogP) is 4.40. The minimum absolute atomic E-state index is 0.157. The molecule has 1 aliphatic rings. The Morgan fingerprint density at radius 2 is 1.89 bits per heavy atom. The quantitative estimate of drug-likeness (QED) is 0.567. The summed E-state index contributed by atoms with van der Waals surface area (Å²) in [7, 11) is 0. The number of anilines is 1. The molecule has 4 aromatic rings. The number of nitrogens with zero attached hydrogens (tertiary/aromatic N) is 3. The summed E-state index contributed by atoms with van der Waals surface area (Å²) in [6.07, 6.45) is 3.53. The van der Waals surface area contributed by atoms with Crippen molar-refractivity contribution in [1.29, 1.82) is 0 Å². The molecule has 0 spiro atoms. The Bertz CT molecular complexity index is 1150. The lowest BCUT2D eigenvalue weighted by atomic mass is 10.0. The predicted molar refractivity (Wildman–Crippen MR) is 110 cm³/mol. The van der Waals surface area contributed by atoms with Crippen LogP contribution in [0.25, 0.3) is 22.0 Å². The topological polar surface area (TPSA) is 58.5 Å². The molecule has 0 amide bonds. The number of phenolic OH excluding ortho intramolecular Hbond substituents is 1. The smallest absolute Gasteiger partial charge is 0.166 e. The largest absolute Gasteiger partial charge is 0.504 e. The van der Waals surface area contributed by atoms with E-state index >= 15 is 0 Å². The van der Waals surface area contributed by atoms with E-state index < -0.39 is 0 Å². The van der Waals surface area contributed by atoms with E-state index in [2.05, 4.69) is 28.1 Å². The summed E-state index contributed by atoms with van der Waals surface area (Å²) in [6.45, 7) is 1.80. The first-order valence-electron chi connectivity index (χ1n) is 9.28. The second-order valence-electron chi connectivity index (χ2n) is 6.86. The Kier molecular flexibility index (Phi) is 4.05. The number of hydrogen-bond acceptors (Lipinski definition) is 5. The summed E-state index contributed by atoms with van der Waals surface area (Å²) in [4.78, 5) is 11.2. The normalized spacial score (nSPS) is 13.6. The highest BCUT2D eigenvalue weighted by Gasteiger charge is 2.21. The van der Waals surface area contributed by atoms with E-state index in [0.29, 0.717) is 25.4 Å². The fourth-order valence-corrected chi connectivity index (χ4v) is 3.63. The van der Waals surface area contributed by atoms with Crippen LogP contribution in [0.3, 0.4) is 0 Å². The Balaban J connectivity index is 1.54. The fraction of sp³-hybridized carbons (Fsp3) is 0.130. The van der Waals surface area contributed by atoms with Crippen molar-refractivity contribution >= 4 is 16.7 Å². The lowest BCUT2D eigenvalue weighted by molar-refractivity contribution is 0.312. The summed E-state index contributed by atoms with van der Waals surface area (Å²) in [6, 6.07) is 19.9. The van der Waals surface area contributed by atoms with E-state index in [-0.39, 0.29) is 5.75 Å². The van der Waals surface area contributed by atoms with Crippen LogP contribution in [0.4, 0.5) is 5.82 Å². The molecule has 28 heavy (non-hydrogen) atoms. The van der Waals surface area contributed by atoms with Gasteiger partial charge < -0.3 is 14.7 Å². The molecule has 0 bridgehead atoms. The first kappa shape index (κ1) is 16.6. The molecule has 3 heterocycles. The van der Waals surface area contributed by atoms with Crippen LogP contribution in [0.1, 0.15) is 5.56 Å². The van der Waals surface area contributed by atoms with Crippen molar-refractivity contribution in [3.05, 3.63) is 78.6 Å². The van der Waals surface area contributed by atoms with Gasteiger partial charge in [0.15, 0.2) is 11.5 Å². The standard InChI is InChI=1S/C23H19N3O2/c27-21-13-18(17-5-3-9-24-14-17)12-19-15-26(10-11-28-23(19)21)22-8-7-16-4-1-2-6-20(16)25-22/h1-9,12-14,27H,10-11,15H2. The molecule has 5 nitrogen and oxygen atoms in total. The van der Waals surface area contributed by atoms with E-state index in [1.54, 1.807) is 18.5 Å². The molecular formula is C23H19N3O2. The molecule has 0 saturated heterocycles. The molecule has 0 unspecified atom stereocenters. The minimum atomic E-state index is 0.157. The van der Waals surface area contributed by atoms with Crippen LogP contribution >= 0.6 is 0 Å². The molecule has 1 N–H and O–H groups in total. The van der Waals surface area contributed by atoms with E-state index in [0.717, 1.165) is 33.4 Å². The highest BCUT2D eigenvalue weighted by Crippen LogP contribution is 2.38. The van der Waals surface area contributed by atoms with Crippen LogP contribution in [-0.2, 0) is 6.54 Å². The maximum absolute atomic E-state index is 10.5. The number of pyridine rings is 2. The van der Waals surface area contributed by atoms with Crippen LogP contribution in [0.15, 0.2) is 73.1 Å². The second-order valence-corrected chi connectivity index (χ2v) is 6.86. The lowest BCUT2D eigenvalue weighted by Gasteiger charge is -2.21. The van der Waals surface area contributed by atoms with Crippen molar-refractivity contribution in [2.45, 2.75) is 6.54 Å². The zero-order chi connectivity index (χ0) is 18.9. The SMILES string of the molecule is Oc1cc(-c2cccnc2)cc2c1OCCN(c1ccc3ccccc3n1)C2. The summed E-state index contributed by atoms with van der Waals surface area (Å²) >= 11 is 0. The van der Waals surface area contributed by atoms with Crippen LogP contribution < -0.4 is 9.64 Å². The van der Waals surface area contributed by atoms with Crippen molar-refractivity contribution in [2.24, 2.45) is 0 Å². The van der Waals surface area contributed by atoms with Gasteiger partial charge in [0.25, 0.3) is 0 Å². The number of aromatic nitrogens is 2. The molecule has 2 aromatic heterocycles. The van der Waals surface area contributed by atoms with Gasteiger partial charge in [0.1, 0.15) is 12.4 Å². The van der Waals surface area contributed by atoms with E-state index in [9.17, 15) is 5.11 Å². The average molecular weight is 369 g/mol. The summed E-state index contributed by atoms with van der Waals surface area (Å²) in [5.74, 6) is 1.61. The minimum Gasteiger partial charge on any atom is -0.504 e. The number of fused-ring (bicyclic) bond motifs is 2. The Hall–Kier alpha value is -3.60. The number of ether oxygens (including phenoxy) is 1. The Labute approximate surface area is 162 Å². The number of rotatable bonds is 2. The van der Waals surface area contributed by atoms with Crippen molar-refractivity contribution in [1.82, 2.24) is 9.97 Å². The average Bonchev–Trinajstić information content (AvgIpc) is 2.97. The van der Waals surface area contributed by atoms with Gasteiger partial charge in [0, 0.05) is 35.5 Å². The molecular weight excluding hydrogens is 350 g/mol. The first-order chi connectivity index (χ1) is 13.8. The highest BCUT2D eigenvalue weighted by molar-refractivity contribution is 5.80. The van der Waals surface area contributed by atoms with Crippen molar-refractivity contribution in [2.75, 3.05) is 18.1 Å². The number of para-hydroxylation sites is 1. The van der Waals surface area contributed by atoms with Gasteiger partial charge in [0.05, 0.1) is 12.1 Å². The third kappa shape index (κ3) is 3.01. The van der Waals surface area contributed by atoms with Gasteiger partial charge in [-0.2, -0.15) is 0 Å². The van der Waals surface area contributed by atoms with Crippen molar-refractivity contribution in [3.8, 4) is 22.6 Å². The second kappa shape index (κ2) is 6.85. The Morgan fingerprint density at radius 1 is 0.964 bits per heavy atom. The number of phenols is 1. The van der Waals surface area contributed by atoms with E-state index in [1.807, 2.05) is 36.4 Å². The third-order valence-electron chi connectivity index (χ3n) is 5.02. The molecule has 2 aromatic carbocycles. The van der Waals surface area contributed by atoms with Crippen LogP contribution in [0, 0.1) is 0 Å². The molecule has 138 valence electrons. The third-order valence-corrected chi connectivity index (χ3v) is 5.02. The van der Waals surface area contributed by atoms with Gasteiger partial charge in [0.2, 0.25) is 0 Å². The first-order valence-corrected chi connectivity index (χ1v) is 9.28.